The molecule has 1 aliphatic heterocycles. The Bertz CT molecular complexity index is 749. The fourth-order valence-electron chi connectivity index (χ4n) is 2.03. The molecule has 1 aromatic carbocycles. The molecule has 0 bridgehead atoms. The molecule has 1 aromatic rings. The molecule has 1 saturated heterocycles. The van der Waals surface area contributed by atoms with Gasteiger partial charge in [0, 0.05) is 30.0 Å². The Labute approximate surface area is 127 Å². The van der Waals surface area contributed by atoms with E-state index < -0.39 is 35.9 Å². The van der Waals surface area contributed by atoms with Crippen molar-refractivity contribution >= 4 is 37.3 Å². The van der Waals surface area contributed by atoms with Crippen LogP contribution in [-0.2, 0) is 19.9 Å². The molecule has 0 aliphatic carbocycles. The zero-order chi connectivity index (χ0) is 15.8. The molecule has 0 radical (unpaired) electrons. The summed E-state index contributed by atoms with van der Waals surface area (Å²) in [5.74, 6) is -0.392. The molecule has 6 nitrogen and oxygen atoms in total. The largest absolute Gasteiger partial charge is 0.399 e. The average molecular weight is 354 g/mol. The number of nitrogen functional groups attached to an aromatic ring is 1. The highest BCUT2D eigenvalue weighted by atomic mass is 32.2. The number of thioether (sulfide) groups is 1. The van der Waals surface area contributed by atoms with Gasteiger partial charge in [-0.3, -0.25) is 0 Å². The van der Waals surface area contributed by atoms with Gasteiger partial charge in [-0.15, -0.1) is 0 Å². The van der Waals surface area contributed by atoms with E-state index in [2.05, 4.69) is 0 Å². The molecule has 1 heterocycles. The van der Waals surface area contributed by atoms with Crippen LogP contribution in [0.3, 0.4) is 0 Å². The quantitative estimate of drug-likeness (QED) is 0.795. The van der Waals surface area contributed by atoms with Gasteiger partial charge in [0.25, 0.3) is 0 Å². The molecule has 0 amide bonds. The SMILES string of the molecule is CS(=O)(=O)C1CSCCN1S(=O)(=O)c1ccc(N)cc1F. The zero-order valence-electron chi connectivity index (χ0n) is 11.2. The van der Waals surface area contributed by atoms with Crippen molar-refractivity contribution in [2.75, 3.05) is 30.0 Å². The lowest BCUT2D eigenvalue weighted by molar-refractivity contribution is 0.401. The van der Waals surface area contributed by atoms with Crippen LogP contribution >= 0.6 is 11.8 Å². The summed E-state index contributed by atoms with van der Waals surface area (Å²) < 4.78 is 63.4. The molecule has 0 spiro atoms. The number of nitrogens with two attached hydrogens (primary N) is 1. The third-order valence-corrected chi connectivity index (χ3v) is 7.79. The van der Waals surface area contributed by atoms with E-state index in [1.54, 1.807) is 0 Å². The van der Waals surface area contributed by atoms with Crippen LogP contribution in [0.15, 0.2) is 23.1 Å². The Kier molecular flexibility index (Phi) is 4.52. The Balaban J connectivity index is 2.51. The maximum Gasteiger partial charge on any atom is 0.247 e. The van der Waals surface area contributed by atoms with Gasteiger partial charge >= 0.3 is 0 Å². The molecule has 21 heavy (non-hydrogen) atoms. The fourth-order valence-corrected chi connectivity index (χ4v) is 7.25. The fraction of sp³-hybridized carbons (Fsp3) is 0.455. The molecular formula is C11H15FN2O4S3. The van der Waals surface area contributed by atoms with Gasteiger partial charge in [-0.05, 0) is 18.2 Å². The molecule has 1 unspecified atom stereocenters. The van der Waals surface area contributed by atoms with Gasteiger partial charge < -0.3 is 5.73 Å². The van der Waals surface area contributed by atoms with E-state index in [4.69, 9.17) is 5.73 Å². The van der Waals surface area contributed by atoms with Crippen LogP contribution < -0.4 is 5.73 Å². The zero-order valence-corrected chi connectivity index (χ0v) is 13.6. The summed E-state index contributed by atoms with van der Waals surface area (Å²) in [5, 5.41) is -1.18. The molecule has 1 aliphatic rings. The van der Waals surface area contributed by atoms with Crippen LogP contribution in [0.25, 0.3) is 0 Å². The van der Waals surface area contributed by atoms with Gasteiger partial charge in [-0.2, -0.15) is 16.1 Å². The Morgan fingerprint density at radius 2 is 2.00 bits per heavy atom. The second-order valence-corrected chi connectivity index (χ2v) is 9.88. The first kappa shape index (κ1) is 16.5. The van der Waals surface area contributed by atoms with Crippen molar-refractivity contribution in [1.29, 1.82) is 0 Å². The summed E-state index contributed by atoms with van der Waals surface area (Å²) in [6.45, 7) is 0.0224. The van der Waals surface area contributed by atoms with E-state index in [9.17, 15) is 21.2 Å². The minimum absolute atomic E-state index is 0.0224. The Morgan fingerprint density at radius 1 is 1.33 bits per heavy atom. The van der Waals surface area contributed by atoms with Crippen molar-refractivity contribution in [3.05, 3.63) is 24.0 Å². The highest BCUT2D eigenvalue weighted by Gasteiger charge is 2.40. The predicted octanol–water partition coefficient (Wildman–Crippen LogP) is 0.516. The van der Waals surface area contributed by atoms with Crippen LogP contribution in [0.5, 0.6) is 0 Å². The number of sulfonamides is 1. The van der Waals surface area contributed by atoms with Gasteiger partial charge in [-0.25, -0.2) is 21.2 Å². The number of nitrogens with zero attached hydrogens (tertiary/aromatic N) is 1. The first-order valence-corrected chi connectivity index (χ1v) is 10.5. The number of anilines is 1. The van der Waals surface area contributed by atoms with E-state index in [1.165, 1.54) is 17.8 Å². The van der Waals surface area contributed by atoms with E-state index in [1.807, 2.05) is 0 Å². The van der Waals surface area contributed by atoms with Gasteiger partial charge in [0.15, 0.2) is 9.84 Å². The maximum atomic E-state index is 13.9. The topological polar surface area (TPSA) is 97.5 Å². The Morgan fingerprint density at radius 3 is 2.57 bits per heavy atom. The molecule has 10 heteroatoms. The number of hydrogen-bond acceptors (Lipinski definition) is 6. The highest BCUT2D eigenvalue weighted by molar-refractivity contribution is 8.01. The molecular weight excluding hydrogens is 339 g/mol. The van der Waals surface area contributed by atoms with Crippen molar-refractivity contribution in [3.63, 3.8) is 0 Å². The molecule has 0 saturated carbocycles. The summed E-state index contributed by atoms with van der Waals surface area (Å²) in [6, 6.07) is 3.23. The number of benzene rings is 1. The van der Waals surface area contributed by atoms with Crippen LogP contribution in [-0.4, -0.2) is 50.8 Å². The van der Waals surface area contributed by atoms with Gasteiger partial charge in [0.1, 0.15) is 16.1 Å². The minimum atomic E-state index is -4.23. The van der Waals surface area contributed by atoms with Gasteiger partial charge in [0.2, 0.25) is 10.0 Å². The first-order valence-electron chi connectivity index (χ1n) is 5.97. The molecule has 1 fully saturated rings. The van der Waals surface area contributed by atoms with Crippen LogP contribution in [0.2, 0.25) is 0 Å². The molecule has 2 N–H and O–H groups in total. The molecule has 118 valence electrons. The summed E-state index contributed by atoms with van der Waals surface area (Å²) in [5.41, 5.74) is 5.50. The minimum Gasteiger partial charge on any atom is -0.399 e. The maximum absolute atomic E-state index is 13.9. The first-order chi connectivity index (χ1) is 9.64. The second kappa shape index (κ2) is 5.75. The number of sulfone groups is 1. The molecule has 1 atom stereocenters. The number of hydrogen-bond donors (Lipinski definition) is 1. The summed E-state index contributed by atoms with van der Waals surface area (Å²) in [7, 11) is -7.84. The Hall–Kier alpha value is -0.840. The normalized spacial score (nSPS) is 21.3. The lowest BCUT2D eigenvalue weighted by Crippen LogP contribution is -2.49. The number of rotatable bonds is 3. The monoisotopic (exact) mass is 354 g/mol. The standard InChI is InChI=1S/C11H15FN2O4S3/c1-20(15,16)11-7-19-5-4-14(11)21(17,18)10-3-2-8(13)6-9(10)12/h2-3,6,11H,4-5,7,13H2,1H3. The third kappa shape index (κ3) is 3.33. The van der Waals surface area contributed by atoms with E-state index in [0.717, 1.165) is 22.7 Å². The lowest BCUT2D eigenvalue weighted by Gasteiger charge is -2.33. The molecule has 0 aromatic heterocycles. The molecule has 2 rings (SSSR count). The van der Waals surface area contributed by atoms with Crippen LogP contribution in [0, 0.1) is 5.82 Å². The van der Waals surface area contributed by atoms with Crippen molar-refractivity contribution in [1.82, 2.24) is 4.31 Å². The predicted molar refractivity (Wildman–Crippen MR) is 80.7 cm³/mol. The van der Waals surface area contributed by atoms with Crippen molar-refractivity contribution in [2.24, 2.45) is 0 Å². The van der Waals surface area contributed by atoms with Gasteiger partial charge in [-0.1, -0.05) is 0 Å². The smallest absolute Gasteiger partial charge is 0.247 e. The van der Waals surface area contributed by atoms with E-state index in [-0.39, 0.29) is 18.0 Å². The number of halogens is 1. The summed E-state index contributed by atoms with van der Waals surface area (Å²) in [4.78, 5) is -0.558. The lowest BCUT2D eigenvalue weighted by atomic mass is 10.3. The van der Waals surface area contributed by atoms with E-state index >= 15 is 0 Å². The van der Waals surface area contributed by atoms with Gasteiger partial charge in [0.05, 0.1) is 0 Å². The summed E-state index contributed by atoms with van der Waals surface area (Å²) >= 11 is 1.35. The highest BCUT2D eigenvalue weighted by Crippen LogP contribution is 2.29. The van der Waals surface area contributed by atoms with Crippen molar-refractivity contribution in [2.45, 2.75) is 10.3 Å². The third-order valence-electron chi connectivity index (χ3n) is 3.07. The van der Waals surface area contributed by atoms with Crippen molar-refractivity contribution < 1.29 is 21.2 Å². The average Bonchev–Trinajstić information content (AvgIpc) is 2.37. The van der Waals surface area contributed by atoms with E-state index in [0.29, 0.717) is 5.75 Å². The van der Waals surface area contributed by atoms with Crippen LogP contribution in [0.4, 0.5) is 10.1 Å². The van der Waals surface area contributed by atoms with Crippen LogP contribution in [0.1, 0.15) is 0 Å². The van der Waals surface area contributed by atoms with Crippen molar-refractivity contribution in [3.8, 4) is 0 Å². The summed E-state index contributed by atoms with van der Waals surface area (Å²) in [6.07, 6.45) is 0.978. The second-order valence-electron chi connectivity index (χ2n) is 4.66.